The first kappa shape index (κ1) is 19.8. The number of phenols is 1. The lowest BCUT2D eigenvalue weighted by atomic mass is 10.0. The maximum atomic E-state index is 13.2. The van der Waals surface area contributed by atoms with E-state index in [0.29, 0.717) is 22.4 Å². The van der Waals surface area contributed by atoms with Crippen LogP contribution in [0.1, 0.15) is 5.56 Å². The van der Waals surface area contributed by atoms with Gasteiger partial charge >= 0.3 is 0 Å². The van der Waals surface area contributed by atoms with Crippen molar-refractivity contribution in [1.29, 1.82) is 0 Å². The first-order chi connectivity index (χ1) is 14.5. The van der Waals surface area contributed by atoms with Crippen molar-refractivity contribution in [3.05, 3.63) is 87.5 Å². The topological polar surface area (TPSA) is 68.9 Å². The van der Waals surface area contributed by atoms with E-state index in [1.807, 2.05) is 0 Å². The molecule has 7 heteroatoms. The highest BCUT2D eigenvalue weighted by Gasteiger charge is 2.15. The van der Waals surface area contributed by atoms with E-state index in [9.17, 15) is 14.3 Å². The van der Waals surface area contributed by atoms with Gasteiger partial charge in [0.15, 0.2) is 0 Å². The third-order valence-electron chi connectivity index (χ3n) is 4.64. The zero-order valence-corrected chi connectivity index (χ0v) is 16.6. The molecule has 0 saturated heterocycles. The second-order valence-corrected chi connectivity index (χ2v) is 6.95. The summed E-state index contributed by atoms with van der Waals surface area (Å²) in [5.74, 6) is 0.230. The number of halogens is 2. The smallest absolute Gasteiger partial charge is 0.204 e. The molecule has 152 valence electrons. The molecular weight excluding hydrogens is 411 g/mol. The van der Waals surface area contributed by atoms with Crippen LogP contribution in [-0.2, 0) is 6.61 Å². The number of aromatic hydroxyl groups is 1. The molecule has 4 rings (SSSR count). The molecule has 0 saturated carbocycles. The monoisotopic (exact) mass is 426 g/mol. The fourth-order valence-corrected chi connectivity index (χ4v) is 3.28. The Labute approximate surface area is 175 Å². The number of rotatable bonds is 5. The number of hydrogen-bond acceptors (Lipinski definition) is 5. The summed E-state index contributed by atoms with van der Waals surface area (Å²) in [5, 5.41) is 10.7. The fourth-order valence-electron chi connectivity index (χ4n) is 3.06. The average molecular weight is 427 g/mol. The molecule has 0 radical (unpaired) electrons. The van der Waals surface area contributed by atoms with Crippen molar-refractivity contribution in [2.75, 3.05) is 7.11 Å². The van der Waals surface area contributed by atoms with Gasteiger partial charge in [-0.2, -0.15) is 0 Å². The van der Waals surface area contributed by atoms with E-state index in [-0.39, 0.29) is 39.5 Å². The van der Waals surface area contributed by atoms with E-state index in [1.54, 1.807) is 31.4 Å². The Morgan fingerprint density at radius 3 is 2.53 bits per heavy atom. The van der Waals surface area contributed by atoms with Gasteiger partial charge in [0, 0.05) is 17.7 Å². The molecule has 0 amide bonds. The third-order valence-corrected chi connectivity index (χ3v) is 4.99. The average Bonchev–Trinajstić information content (AvgIpc) is 2.73. The zero-order chi connectivity index (χ0) is 21.3. The van der Waals surface area contributed by atoms with Crippen LogP contribution in [0.2, 0.25) is 5.02 Å². The van der Waals surface area contributed by atoms with Gasteiger partial charge in [-0.15, -0.1) is 0 Å². The van der Waals surface area contributed by atoms with Gasteiger partial charge < -0.3 is 19.0 Å². The van der Waals surface area contributed by atoms with Gasteiger partial charge in [0.05, 0.1) is 17.7 Å². The molecule has 0 unspecified atom stereocenters. The summed E-state index contributed by atoms with van der Waals surface area (Å²) in [6.07, 6.45) is 1.34. The van der Waals surface area contributed by atoms with E-state index in [0.717, 1.165) is 0 Å². The molecular formula is C23H16ClFO5. The van der Waals surface area contributed by atoms with Crippen LogP contribution in [0.15, 0.2) is 70.1 Å². The van der Waals surface area contributed by atoms with Crippen molar-refractivity contribution in [1.82, 2.24) is 0 Å². The molecule has 5 nitrogen and oxygen atoms in total. The van der Waals surface area contributed by atoms with Gasteiger partial charge in [0.1, 0.15) is 46.9 Å². The number of phenolic OH excluding ortho intramolecular Hbond substituents is 1. The maximum absolute atomic E-state index is 13.2. The quantitative estimate of drug-likeness (QED) is 0.453. The summed E-state index contributed by atoms with van der Waals surface area (Å²) in [4.78, 5) is 12.9. The molecule has 0 aliphatic heterocycles. The van der Waals surface area contributed by atoms with Crippen molar-refractivity contribution in [3.63, 3.8) is 0 Å². The highest BCUT2D eigenvalue weighted by molar-refractivity contribution is 6.31. The second-order valence-electron chi connectivity index (χ2n) is 6.55. The fraction of sp³-hybridized carbons (Fsp3) is 0.0870. The Bertz CT molecular complexity index is 1280. The number of methoxy groups -OCH3 is 1. The molecule has 1 aromatic heterocycles. The van der Waals surface area contributed by atoms with E-state index >= 15 is 0 Å². The Balaban J connectivity index is 1.66. The van der Waals surface area contributed by atoms with Crippen LogP contribution in [0.5, 0.6) is 17.2 Å². The lowest BCUT2D eigenvalue weighted by Gasteiger charge is -2.10. The normalized spacial score (nSPS) is 10.9. The van der Waals surface area contributed by atoms with Gasteiger partial charge in [-0.05, 0) is 29.8 Å². The van der Waals surface area contributed by atoms with Crippen LogP contribution in [0.25, 0.3) is 22.1 Å². The standard InChI is InChI=1S/C23H16ClFO5/c1-28-16-6-3-13(4-7-16)18-12-30-21-10-17(9-20(26)22(21)23(18)27)29-11-14-2-5-15(25)8-19(14)24/h2-10,12,26H,11H2,1H3. The summed E-state index contributed by atoms with van der Waals surface area (Å²) in [7, 11) is 1.56. The molecule has 1 N–H and O–H groups in total. The summed E-state index contributed by atoms with van der Waals surface area (Å²) < 4.78 is 29.5. The minimum atomic E-state index is -0.443. The largest absolute Gasteiger partial charge is 0.507 e. The lowest BCUT2D eigenvalue weighted by Crippen LogP contribution is -2.05. The van der Waals surface area contributed by atoms with Crippen molar-refractivity contribution >= 4 is 22.6 Å². The molecule has 0 aliphatic rings. The van der Waals surface area contributed by atoms with Crippen molar-refractivity contribution < 1.29 is 23.4 Å². The SMILES string of the molecule is COc1ccc(-c2coc3cc(OCc4ccc(F)cc4Cl)cc(O)c3c2=O)cc1. The molecule has 3 aromatic carbocycles. The van der Waals surface area contributed by atoms with Crippen LogP contribution in [-0.4, -0.2) is 12.2 Å². The van der Waals surface area contributed by atoms with Crippen molar-refractivity contribution in [3.8, 4) is 28.4 Å². The van der Waals surface area contributed by atoms with E-state index < -0.39 is 5.82 Å². The minimum absolute atomic E-state index is 0.0514. The first-order valence-corrected chi connectivity index (χ1v) is 9.33. The molecule has 0 spiro atoms. The minimum Gasteiger partial charge on any atom is -0.507 e. The van der Waals surface area contributed by atoms with E-state index in [1.165, 1.54) is 36.6 Å². The van der Waals surface area contributed by atoms with Crippen molar-refractivity contribution in [2.45, 2.75) is 6.61 Å². The number of hydrogen-bond donors (Lipinski definition) is 1. The highest BCUT2D eigenvalue weighted by Crippen LogP contribution is 2.31. The molecule has 0 bridgehead atoms. The van der Waals surface area contributed by atoms with Crippen LogP contribution >= 0.6 is 11.6 Å². The number of ether oxygens (including phenoxy) is 2. The van der Waals surface area contributed by atoms with Gasteiger partial charge in [0.2, 0.25) is 5.43 Å². The predicted octanol–water partition coefficient (Wildman–Crippen LogP) is 5.55. The maximum Gasteiger partial charge on any atom is 0.204 e. The summed E-state index contributed by atoms with van der Waals surface area (Å²) in [6.45, 7) is 0.0538. The molecule has 30 heavy (non-hydrogen) atoms. The van der Waals surface area contributed by atoms with Gasteiger partial charge in [-0.3, -0.25) is 4.79 Å². The summed E-state index contributed by atoms with van der Waals surface area (Å²) in [6, 6.07) is 13.8. The Morgan fingerprint density at radius 1 is 1.07 bits per heavy atom. The molecule has 0 atom stereocenters. The molecule has 0 aliphatic carbocycles. The van der Waals surface area contributed by atoms with Gasteiger partial charge in [0.25, 0.3) is 0 Å². The molecule has 1 heterocycles. The number of fused-ring (bicyclic) bond motifs is 1. The predicted molar refractivity (Wildman–Crippen MR) is 112 cm³/mol. The van der Waals surface area contributed by atoms with E-state index in [4.69, 9.17) is 25.5 Å². The van der Waals surface area contributed by atoms with Gasteiger partial charge in [-0.25, -0.2) is 4.39 Å². The van der Waals surface area contributed by atoms with Crippen LogP contribution in [0.3, 0.4) is 0 Å². The molecule has 4 aromatic rings. The Hall–Kier alpha value is -3.51. The second kappa shape index (κ2) is 8.08. The van der Waals surface area contributed by atoms with E-state index in [2.05, 4.69) is 0 Å². The summed E-state index contributed by atoms with van der Waals surface area (Å²) in [5.41, 5.74) is 1.34. The Morgan fingerprint density at radius 2 is 1.83 bits per heavy atom. The van der Waals surface area contributed by atoms with Crippen LogP contribution in [0, 0.1) is 5.82 Å². The van der Waals surface area contributed by atoms with Crippen molar-refractivity contribution in [2.24, 2.45) is 0 Å². The first-order valence-electron chi connectivity index (χ1n) is 8.96. The lowest BCUT2D eigenvalue weighted by molar-refractivity contribution is 0.304. The molecule has 0 fully saturated rings. The highest BCUT2D eigenvalue weighted by atomic mass is 35.5. The van der Waals surface area contributed by atoms with Crippen LogP contribution < -0.4 is 14.9 Å². The summed E-state index contributed by atoms with van der Waals surface area (Å²) >= 11 is 6.00. The number of benzene rings is 3. The van der Waals surface area contributed by atoms with Gasteiger partial charge in [-0.1, -0.05) is 29.8 Å². The Kier molecular flexibility index (Phi) is 5.33. The third kappa shape index (κ3) is 3.82. The van der Waals surface area contributed by atoms with Crippen LogP contribution in [0.4, 0.5) is 4.39 Å². The zero-order valence-electron chi connectivity index (χ0n) is 15.8.